The molecule has 1 amide bonds. The summed E-state index contributed by atoms with van der Waals surface area (Å²) in [5.41, 5.74) is 2.73. The highest BCUT2D eigenvalue weighted by Gasteiger charge is 2.15. The zero-order valence-electron chi connectivity index (χ0n) is 13.1. The van der Waals surface area contributed by atoms with Gasteiger partial charge in [-0.2, -0.15) is 0 Å². The summed E-state index contributed by atoms with van der Waals surface area (Å²) in [6, 6.07) is 10.5. The first-order valence-electron chi connectivity index (χ1n) is 7.68. The Labute approximate surface area is 139 Å². The summed E-state index contributed by atoms with van der Waals surface area (Å²) in [6.07, 6.45) is 2.70. The predicted molar refractivity (Wildman–Crippen MR) is 95.9 cm³/mol. The molecule has 23 heavy (non-hydrogen) atoms. The molecule has 3 rings (SSSR count). The first kappa shape index (κ1) is 15.5. The number of hydrogen-bond donors (Lipinski definition) is 1. The summed E-state index contributed by atoms with van der Waals surface area (Å²) in [5, 5.41) is 6.64. The van der Waals surface area contributed by atoms with Crippen LogP contribution in [0.25, 0.3) is 21.6 Å². The van der Waals surface area contributed by atoms with Crippen molar-refractivity contribution in [1.82, 2.24) is 14.9 Å². The Bertz CT molecular complexity index is 847. The molecule has 2 heterocycles. The van der Waals surface area contributed by atoms with Crippen molar-refractivity contribution in [3.63, 3.8) is 0 Å². The number of aromatic nitrogens is 2. The van der Waals surface area contributed by atoms with Gasteiger partial charge in [-0.05, 0) is 18.6 Å². The molecule has 0 atom stereocenters. The molecule has 4 nitrogen and oxygen atoms in total. The number of nitrogens with one attached hydrogen (secondary N) is 1. The standard InChI is InChI=1S/C18H19N3OS/c1-3-9-19-17(22)14-12-23-18(20-14)16-11-13-7-5-6-8-15(13)21(16)10-4-2/h3,5-8,11-12H,1,4,9-10H2,2H3,(H,19,22). The van der Waals surface area contributed by atoms with E-state index in [9.17, 15) is 4.79 Å². The van der Waals surface area contributed by atoms with E-state index in [1.54, 1.807) is 6.08 Å². The van der Waals surface area contributed by atoms with Gasteiger partial charge in [0.05, 0.1) is 5.69 Å². The third-order valence-electron chi connectivity index (χ3n) is 3.62. The first-order valence-corrected chi connectivity index (χ1v) is 8.55. The SMILES string of the molecule is C=CCNC(=O)c1csc(-c2cc3ccccc3n2CCC)n1. The van der Waals surface area contributed by atoms with Crippen molar-refractivity contribution in [1.29, 1.82) is 0 Å². The van der Waals surface area contributed by atoms with E-state index < -0.39 is 0 Å². The maximum absolute atomic E-state index is 12.0. The van der Waals surface area contributed by atoms with Crippen LogP contribution < -0.4 is 5.32 Å². The van der Waals surface area contributed by atoms with Crippen molar-refractivity contribution in [2.24, 2.45) is 0 Å². The molecule has 0 spiro atoms. The molecule has 0 fully saturated rings. The number of thiazole rings is 1. The maximum Gasteiger partial charge on any atom is 0.271 e. The van der Waals surface area contributed by atoms with Crippen LogP contribution in [0.2, 0.25) is 0 Å². The lowest BCUT2D eigenvalue weighted by Crippen LogP contribution is -2.23. The van der Waals surface area contributed by atoms with Gasteiger partial charge in [0.15, 0.2) is 0 Å². The summed E-state index contributed by atoms with van der Waals surface area (Å²) in [4.78, 5) is 16.5. The lowest BCUT2D eigenvalue weighted by molar-refractivity contribution is 0.0954. The summed E-state index contributed by atoms with van der Waals surface area (Å²) < 4.78 is 2.28. The van der Waals surface area contributed by atoms with Gasteiger partial charge in [-0.1, -0.05) is 31.2 Å². The molecule has 0 bridgehead atoms. The number of carbonyl (C=O) groups is 1. The largest absolute Gasteiger partial charge is 0.347 e. The maximum atomic E-state index is 12.0. The van der Waals surface area contributed by atoms with E-state index in [0.717, 1.165) is 23.7 Å². The van der Waals surface area contributed by atoms with Crippen molar-refractivity contribution < 1.29 is 4.79 Å². The minimum Gasteiger partial charge on any atom is -0.347 e. The van der Waals surface area contributed by atoms with Crippen LogP contribution >= 0.6 is 11.3 Å². The van der Waals surface area contributed by atoms with E-state index in [2.05, 4.69) is 46.6 Å². The molecular formula is C18H19N3OS. The molecule has 0 saturated carbocycles. The number of para-hydroxylation sites is 1. The quantitative estimate of drug-likeness (QED) is 0.694. The zero-order valence-corrected chi connectivity index (χ0v) is 13.9. The minimum atomic E-state index is -0.162. The number of aryl methyl sites for hydroxylation is 1. The number of fused-ring (bicyclic) bond motifs is 1. The Hall–Kier alpha value is -2.40. The Kier molecular flexibility index (Phi) is 4.57. The lowest BCUT2D eigenvalue weighted by Gasteiger charge is -2.07. The molecule has 0 aliphatic carbocycles. The second kappa shape index (κ2) is 6.79. The predicted octanol–water partition coefficient (Wildman–Crippen LogP) is 4.09. The van der Waals surface area contributed by atoms with E-state index in [1.165, 1.54) is 22.2 Å². The van der Waals surface area contributed by atoms with Gasteiger partial charge in [0.25, 0.3) is 5.91 Å². The Balaban J connectivity index is 2.00. The molecule has 5 heteroatoms. The minimum absolute atomic E-state index is 0.162. The van der Waals surface area contributed by atoms with Crippen molar-refractivity contribution in [2.45, 2.75) is 19.9 Å². The van der Waals surface area contributed by atoms with Crippen molar-refractivity contribution >= 4 is 28.1 Å². The highest BCUT2D eigenvalue weighted by atomic mass is 32.1. The highest BCUT2D eigenvalue weighted by Crippen LogP contribution is 2.30. The van der Waals surface area contributed by atoms with Gasteiger partial charge in [-0.25, -0.2) is 4.98 Å². The fourth-order valence-corrected chi connectivity index (χ4v) is 3.43. The molecule has 0 aliphatic heterocycles. The second-order valence-corrected chi connectivity index (χ2v) is 6.13. The van der Waals surface area contributed by atoms with E-state index in [1.807, 2.05) is 17.5 Å². The van der Waals surface area contributed by atoms with Crippen LogP contribution in [-0.4, -0.2) is 22.0 Å². The van der Waals surface area contributed by atoms with Gasteiger partial charge >= 0.3 is 0 Å². The highest BCUT2D eigenvalue weighted by molar-refractivity contribution is 7.13. The lowest BCUT2D eigenvalue weighted by atomic mass is 10.2. The third-order valence-corrected chi connectivity index (χ3v) is 4.49. The summed E-state index contributed by atoms with van der Waals surface area (Å²) in [7, 11) is 0. The average molecular weight is 325 g/mol. The fraction of sp³-hybridized carbons (Fsp3) is 0.222. The van der Waals surface area contributed by atoms with Crippen LogP contribution in [0.4, 0.5) is 0 Å². The fourth-order valence-electron chi connectivity index (χ4n) is 2.60. The van der Waals surface area contributed by atoms with Gasteiger partial charge < -0.3 is 9.88 Å². The van der Waals surface area contributed by atoms with Crippen molar-refractivity contribution in [3.8, 4) is 10.7 Å². The molecule has 1 aromatic carbocycles. The van der Waals surface area contributed by atoms with E-state index in [4.69, 9.17) is 0 Å². The smallest absolute Gasteiger partial charge is 0.271 e. The number of hydrogen-bond acceptors (Lipinski definition) is 3. The van der Waals surface area contributed by atoms with Gasteiger partial charge in [0.2, 0.25) is 0 Å². The Morgan fingerprint density at radius 3 is 3.04 bits per heavy atom. The molecule has 0 aliphatic rings. The Morgan fingerprint density at radius 2 is 2.26 bits per heavy atom. The van der Waals surface area contributed by atoms with Crippen LogP contribution in [0.1, 0.15) is 23.8 Å². The molecule has 3 aromatic rings. The van der Waals surface area contributed by atoms with E-state index >= 15 is 0 Å². The Morgan fingerprint density at radius 1 is 1.43 bits per heavy atom. The molecule has 0 saturated heterocycles. The molecule has 1 N–H and O–H groups in total. The van der Waals surface area contributed by atoms with Gasteiger partial charge in [0, 0.05) is 29.4 Å². The van der Waals surface area contributed by atoms with Crippen LogP contribution in [0.5, 0.6) is 0 Å². The number of rotatable bonds is 6. The van der Waals surface area contributed by atoms with Gasteiger partial charge in [-0.15, -0.1) is 17.9 Å². The average Bonchev–Trinajstić information content (AvgIpc) is 3.18. The molecule has 0 unspecified atom stereocenters. The van der Waals surface area contributed by atoms with Crippen LogP contribution in [-0.2, 0) is 6.54 Å². The van der Waals surface area contributed by atoms with Gasteiger partial charge in [-0.3, -0.25) is 4.79 Å². The molecular weight excluding hydrogens is 306 g/mol. The third kappa shape index (κ3) is 3.05. The van der Waals surface area contributed by atoms with Crippen LogP contribution in [0.15, 0.2) is 48.4 Å². The molecule has 0 radical (unpaired) electrons. The normalized spacial score (nSPS) is 10.8. The van der Waals surface area contributed by atoms with Crippen LogP contribution in [0.3, 0.4) is 0 Å². The number of amides is 1. The zero-order chi connectivity index (χ0) is 16.2. The monoisotopic (exact) mass is 325 g/mol. The number of carbonyl (C=O) groups excluding carboxylic acids is 1. The summed E-state index contributed by atoms with van der Waals surface area (Å²) >= 11 is 1.50. The van der Waals surface area contributed by atoms with E-state index in [0.29, 0.717) is 12.2 Å². The van der Waals surface area contributed by atoms with Gasteiger partial charge in [0.1, 0.15) is 10.7 Å². The summed E-state index contributed by atoms with van der Waals surface area (Å²) in [6.45, 7) is 7.14. The van der Waals surface area contributed by atoms with Crippen molar-refractivity contribution in [2.75, 3.05) is 6.54 Å². The molecule has 118 valence electrons. The molecule has 2 aromatic heterocycles. The van der Waals surface area contributed by atoms with E-state index in [-0.39, 0.29) is 5.91 Å². The van der Waals surface area contributed by atoms with Crippen LogP contribution in [0, 0.1) is 0 Å². The second-order valence-electron chi connectivity index (χ2n) is 5.28. The topological polar surface area (TPSA) is 46.9 Å². The summed E-state index contributed by atoms with van der Waals surface area (Å²) in [5.74, 6) is -0.162. The number of nitrogens with zero attached hydrogens (tertiary/aromatic N) is 2. The van der Waals surface area contributed by atoms with Crippen molar-refractivity contribution in [3.05, 3.63) is 54.1 Å². The number of benzene rings is 1. The first-order chi connectivity index (χ1) is 11.2.